The molecule has 12 heavy (non-hydrogen) atoms. The minimum Gasteiger partial charge on any atom is -0.238 e. The van der Waals surface area contributed by atoms with E-state index in [1.165, 1.54) is 5.56 Å². The van der Waals surface area contributed by atoms with Crippen LogP contribution >= 0.6 is 11.6 Å². The molecule has 3 heteroatoms. The summed E-state index contributed by atoms with van der Waals surface area (Å²) >= 11 is 6.02. The van der Waals surface area contributed by atoms with Gasteiger partial charge >= 0.3 is 0 Å². The number of aryl methyl sites for hydroxylation is 2. The summed E-state index contributed by atoms with van der Waals surface area (Å²) in [6, 6.07) is 0. The molecule has 1 heterocycles. The van der Waals surface area contributed by atoms with E-state index in [4.69, 9.17) is 11.6 Å². The molecule has 1 aliphatic rings. The second kappa shape index (κ2) is 2.70. The summed E-state index contributed by atoms with van der Waals surface area (Å²) in [7, 11) is 0. The molecule has 64 valence electrons. The zero-order chi connectivity index (χ0) is 8.72. The van der Waals surface area contributed by atoms with Crippen molar-refractivity contribution in [2.24, 2.45) is 0 Å². The van der Waals surface area contributed by atoms with Gasteiger partial charge in [-0.2, -0.15) is 0 Å². The first kappa shape index (κ1) is 7.99. The molecule has 0 spiro atoms. The van der Waals surface area contributed by atoms with Gasteiger partial charge in [0.25, 0.3) is 0 Å². The fourth-order valence-electron chi connectivity index (χ4n) is 1.78. The Hall–Kier alpha value is -0.630. The summed E-state index contributed by atoms with van der Waals surface area (Å²) in [5.74, 6) is 1.32. The monoisotopic (exact) mass is 182 g/mol. The van der Waals surface area contributed by atoms with Gasteiger partial charge in [-0.1, -0.05) is 18.5 Å². The van der Waals surface area contributed by atoms with Crippen LogP contribution in [0.5, 0.6) is 0 Å². The first-order valence-corrected chi connectivity index (χ1v) is 4.59. The molecular weight excluding hydrogens is 172 g/mol. The molecule has 1 aromatic heterocycles. The van der Waals surface area contributed by atoms with Gasteiger partial charge in [0.15, 0.2) is 0 Å². The molecule has 0 N–H and O–H groups in total. The number of hydrogen-bond donors (Lipinski definition) is 0. The summed E-state index contributed by atoms with van der Waals surface area (Å²) in [5, 5.41) is 0.655. The first-order valence-electron chi connectivity index (χ1n) is 4.21. The van der Waals surface area contributed by atoms with Crippen molar-refractivity contribution in [2.45, 2.75) is 32.6 Å². The SMILES string of the molecule is Cc1nc(Cl)c2c(n1)CCC2C. The van der Waals surface area contributed by atoms with Crippen molar-refractivity contribution in [1.82, 2.24) is 9.97 Å². The number of aromatic nitrogens is 2. The topological polar surface area (TPSA) is 25.8 Å². The molecule has 0 aromatic carbocycles. The summed E-state index contributed by atoms with van der Waals surface area (Å²) < 4.78 is 0. The van der Waals surface area contributed by atoms with Gasteiger partial charge in [-0.25, -0.2) is 9.97 Å². The molecule has 2 nitrogen and oxygen atoms in total. The highest BCUT2D eigenvalue weighted by atomic mass is 35.5. The van der Waals surface area contributed by atoms with Gasteiger partial charge in [-0.15, -0.1) is 0 Å². The van der Waals surface area contributed by atoms with Gasteiger partial charge in [-0.3, -0.25) is 0 Å². The second-order valence-corrected chi connectivity index (χ2v) is 3.72. The van der Waals surface area contributed by atoms with Crippen molar-refractivity contribution in [3.63, 3.8) is 0 Å². The van der Waals surface area contributed by atoms with Crippen molar-refractivity contribution >= 4 is 11.6 Å². The van der Waals surface area contributed by atoms with E-state index in [0.717, 1.165) is 24.4 Å². The van der Waals surface area contributed by atoms with Crippen LogP contribution in [0.25, 0.3) is 0 Å². The number of halogens is 1. The third-order valence-corrected chi connectivity index (χ3v) is 2.68. The van der Waals surface area contributed by atoms with E-state index in [1.54, 1.807) is 0 Å². The van der Waals surface area contributed by atoms with Gasteiger partial charge in [0.05, 0.1) is 0 Å². The van der Waals surface area contributed by atoms with Gasteiger partial charge in [-0.05, 0) is 25.7 Å². The van der Waals surface area contributed by atoms with Crippen molar-refractivity contribution in [1.29, 1.82) is 0 Å². The van der Waals surface area contributed by atoms with E-state index in [-0.39, 0.29) is 0 Å². The molecule has 1 unspecified atom stereocenters. The average Bonchev–Trinajstić information content (AvgIpc) is 2.31. The van der Waals surface area contributed by atoms with E-state index < -0.39 is 0 Å². The molecule has 0 saturated carbocycles. The van der Waals surface area contributed by atoms with E-state index >= 15 is 0 Å². The Balaban J connectivity index is 2.60. The number of nitrogens with zero attached hydrogens (tertiary/aromatic N) is 2. The fourth-order valence-corrected chi connectivity index (χ4v) is 2.20. The molecule has 2 rings (SSSR count). The van der Waals surface area contributed by atoms with Crippen LogP contribution < -0.4 is 0 Å². The lowest BCUT2D eigenvalue weighted by atomic mass is 10.1. The number of rotatable bonds is 0. The maximum Gasteiger partial charge on any atom is 0.136 e. The highest BCUT2D eigenvalue weighted by Gasteiger charge is 2.23. The molecular formula is C9H11ClN2. The van der Waals surface area contributed by atoms with Crippen molar-refractivity contribution < 1.29 is 0 Å². The lowest BCUT2D eigenvalue weighted by Crippen LogP contribution is -1.97. The predicted molar refractivity (Wildman–Crippen MR) is 48.5 cm³/mol. The largest absolute Gasteiger partial charge is 0.238 e. The number of fused-ring (bicyclic) bond motifs is 1. The lowest BCUT2D eigenvalue weighted by Gasteiger charge is -2.05. The quantitative estimate of drug-likeness (QED) is 0.577. The predicted octanol–water partition coefficient (Wildman–Crippen LogP) is 2.49. The van der Waals surface area contributed by atoms with Gasteiger partial charge in [0.2, 0.25) is 0 Å². The summed E-state index contributed by atoms with van der Waals surface area (Å²) in [4.78, 5) is 8.52. The minimum atomic E-state index is 0.535. The van der Waals surface area contributed by atoms with Gasteiger partial charge < -0.3 is 0 Å². The van der Waals surface area contributed by atoms with E-state index in [0.29, 0.717) is 11.1 Å². The van der Waals surface area contributed by atoms with Crippen LogP contribution in [0.1, 0.15) is 36.3 Å². The zero-order valence-electron chi connectivity index (χ0n) is 7.26. The maximum absolute atomic E-state index is 6.02. The standard InChI is InChI=1S/C9H11ClN2/c1-5-3-4-7-8(5)9(10)12-6(2)11-7/h5H,3-4H2,1-2H3. The van der Waals surface area contributed by atoms with Crippen LogP contribution in [0.15, 0.2) is 0 Å². The third-order valence-electron chi connectivity index (χ3n) is 2.40. The summed E-state index contributed by atoms with van der Waals surface area (Å²) in [6.45, 7) is 4.06. The number of hydrogen-bond acceptors (Lipinski definition) is 2. The van der Waals surface area contributed by atoms with Crippen LogP contribution in [0.3, 0.4) is 0 Å². The molecule has 0 fully saturated rings. The Bertz CT molecular complexity index is 323. The Kier molecular flexibility index (Phi) is 1.80. The zero-order valence-corrected chi connectivity index (χ0v) is 8.02. The van der Waals surface area contributed by atoms with Crippen LogP contribution in [0, 0.1) is 6.92 Å². The highest BCUT2D eigenvalue weighted by Crippen LogP contribution is 2.35. The molecule has 1 aromatic rings. The third kappa shape index (κ3) is 1.11. The molecule has 0 amide bonds. The van der Waals surface area contributed by atoms with Crippen LogP contribution in [-0.2, 0) is 6.42 Å². The first-order chi connectivity index (χ1) is 5.68. The minimum absolute atomic E-state index is 0.535. The molecule has 0 saturated heterocycles. The van der Waals surface area contributed by atoms with Crippen LogP contribution in [0.2, 0.25) is 5.15 Å². The summed E-state index contributed by atoms with van der Waals surface area (Å²) in [6.07, 6.45) is 2.22. The Morgan fingerprint density at radius 3 is 2.92 bits per heavy atom. The Labute approximate surface area is 77.0 Å². The van der Waals surface area contributed by atoms with E-state index in [9.17, 15) is 0 Å². The van der Waals surface area contributed by atoms with Gasteiger partial charge in [0, 0.05) is 11.3 Å². The van der Waals surface area contributed by atoms with Crippen molar-refractivity contribution in [3.05, 3.63) is 22.2 Å². The molecule has 0 bridgehead atoms. The smallest absolute Gasteiger partial charge is 0.136 e. The molecule has 1 aliphatic carbocycles. The van der Waals surface area contributed by atoms with E-state index in [2.05, 4.69) is 16.9 Å². The van der Waals surface area contributed by atoms with E-state index in [1.807, 2.05) is 6.92 Å². The van der Waals surface area contributed by atoms with Crippen LogP contribution in [0.4, 0.5) is 0 Å². The fraction of sp³-hybridized carbons (Fsp3) is 0.556. The van der Waals surface area contributed by atoms with Crippen LogP contribution in [-0.4, -0.2) is 9.97 Å². The summed E-state index contributed by atoms with van der Waals surface area (Å²) in [5.41, 5.74) is 2.32. The Morgan fingerprint density at radius 2 is 2.17 bits per heavy atom. The van der Waals surface area contributed by atoms with Crippen molar-refractivity contribution in [2.75, 3.05) is 0 Å². The molecule has 0 radical (unpaired) electrons. The second-order valence-electron chi connectivity index (χ2n) is 3.36. The van der Waals surface area contributed by atoms with Crippen molar-refractivity contribution in [3.8, 4) is 0 Å². The highest BCUT2D eigenvalue weighted by molar-refractivity contribution is 6.30. The lowest BCUT2D eigenvalue weighted by molar-refractivity contribution is 0.745. The molecule has 1 atom stereocenters. The normalized spacial score (nSPS) is 21.1. The Morgan fingerprint density at radius 1 is 1.42 bits per heavy atom. The maximum atomic E-state index is 6.02. The molecule has 0 aliphatic heterocycles. The van der Waals surface area contributed by atoms with Gasteiger partial charge in [0.1, 0.15) is 11.0 Å². The average molecular weight is 183 g/mol.